The fraction of sp³-hybridized carbons (Fsp3) is 0.111. The Morgan fingerprint density at radius 2 is 1.92 bits per heavy atom. The van der Waals surface area contributed by atoms with Crippen molar-refractivity contribution in [2.45, 2.75) is 6.92 Å². The first-order valence-corrected chi connectivity index (χ1v) is 6.05. The van der Waals surface area contributed by atoms with Crippen LogP contribution in [0.1, 0.15) is 5.56 Å². The van der Waals surface area contributed by atoms with Gasteiger partial charge in [0, 0.05) is 5.69 Å². The number of hydrogen-bond donors (Lipinski definition) is 2. The molecule has 1 rings (SSSR count). The van der Waals surface area contributed by atoms with Gasteiger partial charge in [0.1, 0.15) is 0 Å². The molecule has 0 aromatic heterocycles. The molecule has 13 heavy (non-hydrogen) atoms. The number of anilines is 1. The summed E-state index contributed by atoms with van der Waals surface area (Å²) in [5.41, 5.74) is 7.51. The van der Waals surface area contributed by atoms with Crippen molar-refractivity contribution >= 4 is 19.1 Å². The Hall–Kier alpha value is -0.705. The maximum Gasteiger partial charge on any atom is 0.0316 e. The van der Waals surface area contributed by atoms with Crippen molar-refractivity contribution in [1.29, 1.82) is 5.41 Å². The molecule has 0 amide bonds. The second-order valence-corrected chi connectivity index (χ2v) is 3.88. The van der Waals surface area contributed by atoms with Crippen LogP contribution in [0.5, 0.6) is 0 Å². The van der Waals surface area contributed by atoms with Crippen LogP contribution in [0, 0.1) is 12.3 Å². The first-order valence-electron chi connectivity index (χ1n) is 3.60. The van der Waals surface area contributed by atoms with E-state index in [-0.39, 0.29) is 0 Å². The Kier molecular flexibility index (Phi) is 12.9. The van der Waals surface area contributed by atoms with E-state index in [2.05, 4.69) is 16.2 Å². The molecule has 0 aliphatic heterocycles. The molecule has 3 nitrogen and oxygen atoms in total. The quantitative estimate of drug-likeness (QED) is 0.413. The summed E-state index contributed by atoms with van der Waals surface area (Å²) in [6.07, 6.45) is 0. The van der Waals surface area contributed by atoms with Crippen LogP contribution in [0.25, 0.3) is 0 Å². The molecular weight excluding hydrogens is 351 g/mol. The van der Waals surface area contributed by atoms with Gasteiger partial charge in [-0.25, -0.2) is 0 Å². The topological polar surface area (TPSA) is 62.2 Å². The van der Waals surface area contributed by atoms with Crippen LogP contribution in [0.15, 0.2) is 27.0 Å². The fourth-order valence-corrected chi connectivity index (χ4v) is 0.670. The summed E-state index contributed by atoms with van der Waals surface area (Å²) < 4.78 is 3.44. The molecule has 67 valence electrons. The molecule has 4 heteroatoms. The van der Waals surface area contributed by atoms with Crippen LogP contribution < -0.4 is 5.73 Å². The van der Waals surface area contributed by atoms with E-state index >= 15 is 0 Å². The molecule has 0 aliphatic rings. The predicted molar refractivity (Wildman–Crippen MR) is 55.0 cm³/mol. The third kappa shape index (κ3) is 11.3. The molecule has 0 bridgehead atoms. The van der Waals surface area contributed by atoms with Gasteiger partial charge in [0.2, 0.25) is 0 Å². The van der Waals surface area contributed by atoms with Crippen molar-refractivity contribution in [1.82, 2.24) is 0 Å². The number of nitrogens with two attached hydrogens (primary N) is 1. The van der Waals surface area contributed by atoms with Gasteiger partial charge in [-0.05, 0) is 31.3 Å². The Morgan fingerprint density at radius 1 is 1.46 bits per heavy atom. The minimum atomic E-state index is 0.580. The molecule has 3 N–H and O–H groups in total. The van der Waals surface area contributed by atoms with Gasteiger partial charge in [-0.2, -0.15) is 0 Å². The maximum atomic E-state index is 5.50. The van der Waals surface area contributed by atoms with E-state index < -0.39 is 0 Å². The van der Waals surface area contributed by atoms with Crippen LogP contribution >= 0.6 is 0 Å². The van der Waals surface area contributed by atoms with Crippen molar-refractivity contribution < 1.29 is 26.4 Å². The van der Waals surface area contributed by atoms with Crippen molar-refractivity contribution in [3.8, 4) is 0 Å². The number of rotatable bonds is 0. The van der Waals surface area contributed by atoms with Crippen LogP contribution in [0.3, 0.4) is 0 Å². The molecule has 0 saturated carbocycles. The van der Waals surface area contributed by atoms with Crippen molar-refractivity contribution in [3.05, 3.63) is 29.8 Å². The Labute approximate surface area is 96.0 Å². The number of benzene rings is 1. The number of nitrogen functional groups attached to an aromatic ring is 1. The van der Waals surface area contributed by atoms with E-state index in [1.54, 1.807) is 0 Å². The van der Waals surface area contributed by atoms with E-state index in [4.69, 9.17) is 11.1 Å². The number of nitrogens with one attached hydrogen (secondary N) is 1. The van der Waals surface area contributed by atoms with E-state index in [9.17, 15) is 0 Å². The summed E-state index contributed by atoms with van der Waals surface area (Å²) in [6.45, 7) is 7.72. The van der Waals surface area contributed by atoms with Gasteiger partial charge in [0.25, 0.3) is 0 Å². The average Bonchev–Trinajstić information content (AvgIpc) is 2.08. The molecule has 0 heterocycles. The number of nitrogens with zero attached hydrogens (tertiary/aromatic N) is 1. The van der Waals surface area contributed by atoms with Gasteiger partial charge in [-0.1, -0.05) is 12.1 Å². The standard InChI is InChI=1S/C7H9N.CH3N.CH2N.Hg/c1-6-3-2-4-7(8)5-6;2*1-2;/h2-5H,8H2,1H3;2H,1H2;1H2;/q;;-1;+1. The van der Waals surface area contributed by atoms with Crippen molar-refractivity contribution in [2.24, 2.45) is 2.76 Å². The van der Waals surface area contributed by atoms with Crippen molar-refractivity contribution in [2.75, 3.05) is 5.73 Å². The first-order chi connectivity index (χ1) is 6.20. The van der Waals surface area contributed by atoms with Crippen LogP contribution in [-0.4, -0.2) is 13.4 Å². The smallest absolute Gasteiger partial charge is 0.0316 e. The van der Waals surface area contributed by atoms with Gasteiger partial charge in [-0.15, -0.1) is 0 Å². The zero-order valence-corrected chi connectivity index (χ0v) is 13.5. The second kappa shape index (κ2) is 11.3. The zero-order valence-electron chi connectivity index (χ0n) is 7.96. The summed E-state index contributed by atoms with van der Waals surface area (Å²) in [4.78, 5) is 0. The van der Waals surface area contributed by atoms with Gasteiger partial charge in [0.15, 0.2) is 0 Å². The average molecular weight is 365 g/mol. The normalized spacial score (nSPS) is 7.00. The monoisotopic (exact) mass is 366 g/mol. The third-order valence-corrected chi connectivity index (χ3v) is 1.04. The van der Waals surface area contributed by atoms with E-state index in [0.717, 1.165) is 5.69 Å². The summed E-state index contributed by atoms with van der Waals surface area (Å²) in [6, 6.07) is 7.80. The molecule has 0 fully saturated rings. The minimum absolute atomic E-state index is 0.580. The Balaban J connectivity index is 0. The van der Waals surface area contributed by atoms with E-state index in [1.165, 1.54) is 5.56 Å². The molecule has 0 atom stereocenters. The van der Waals surface area contributed by atoms with Gasteiger partial charge in [-0.3, -0.25) is 0 Å². The first kappa shape index (κ1) is 14.8. The Morgan fingerprint density at radius 3 is 2.15 bits per heavy atom. The number of hydrogen-bond acceptors (Lipinski definition) is 3. The molecule has 1 aromatic rings. The summed E-state index contributed by atoms with van der Waals surface area (Å²) in [5.74, 6) is 0. The second-order valence-electron chi connectivity index (χ2n) is 2.14. The largest absolute Gasteiger partial charge is 0.399 e. The molecule has 0 unspecified atom stereocenters. The minimum Gasteiger partial charge on any atom is -0.399 e. The molecule has 0 spiro atoms. The van der Waals surface area contributed by atoms with Crippen LogP contribution in [0.4, 0.5) is 5.69 Å². The summed E-state index contributed by atoms with van der Waals surface area (Å²) in [5, 5.41) is 5.50. The molecular formula is C9H14HgN3. The van der Waals surface area contributed by atoms with Crippen LogP contribution in [0.2, 0.25) is 0 Å². The van der Waals surface area contributed by atoms with Crippen LogP contribution in [-0.2, 0) is 26.4 Å². The molecule has 1 aromatic carbocycles. The third-order valence-electron chi connectivity index (χ3n) is 1.04. The SMILES string of the molecule is C=N.C=[N][Hg].Cc1cccc(N)c1. The van der Waals surface area contributed by atoms with Gasteiger partial charge >= 0.3 is 35.9 Å². The molecule has 0 radical (unpaired) electrons. The summed E-state index contributed by atoms with van der Waals surface area (Å²) >= 11 is 0.580. The molecule has 0 saturated heterocycles. The van der Waals surface area contributed by atoms with Gasteiger partial charge < -0.3 is 11.1 Å². The van der Waals surface area contributed by atoms with Gasteiger partial charge in [0.05, 0.1) is 0 Å². The van der Waals surface area contributed by atoms with Crippen molar-refractivity contribution in [3.63, 3.8) is 0 Å². The Bertz CT molecular complexity index is 221. The predicted octanol–water partition coefficient (Wildman–Crippen LogP) is 1.99. The van der Waals surface area contributed by atoms with E-state index in [0.29, 0.717) is 26.4 Å². The fourth-order valence-electron chi connectivity index (χ4n) is 0.670. The number of aryl methyl sites for hydroxylation is 1. The molecule has 0 aliphatic carbocycles. The maximum absolute atomic E-state index is 5.50. The summed E-state index contributed by atoms with van der Waals surface area (Å²) in [7, 11) is 0. The zero-order chi connectivity index (χ0) is 10.7. The van der Waals surface area contributed by atoms with E-state index in [1.807, 2.05) is 31.2 Å².